The van der Waals surface area contributed by atoms with Gasteiger partial charge in [-0.05, 0) is 44.9 Å². The Balaban J connectivity index is 1.99. The molecule has 1 aliphatic rings. The van der Waals surface area contributed by atoms with Crippen LogP contribution < -0.4 is 5.32 Å². The minimum absolute atomic E-state index is 0.208. The molecule has 0 atom stereocenters. The molecule has 2 rings (SSSR count). The summed E-state index contributed by atoms with van der Waals surface area (Å²) in [5.41, 5.74) is 2.16. The molecule has 1 saturated carbocycles. The Hall–Kier alpha value is -1.37. The van der Waals surface area contributed by atoms with Crippen LogP contribution in [0.5, 0.6) is 0 Å². The molecule has 1 fully saturated rings. The van der Waals surface area contributed by atoms with Gasteiger partial charge in [0.1, 0.15) is 5.75 Å². The zero-order chi connectivity index (χ0) is 16.5. The number of amides is 1. The summed E-state index contributed by atoms with van der Waals surface area (Å²) >= 11 is 0. The Morgan fingerprint density at radius 3 is 2.41 bits per heavy atom. The third-order valence-electron chi connectivity index (χ3n) is 4.52. The minimum Gasteiger partial charge on any atom is -0.322 e. The van der Waals surface area contributed by atoms with E-state index in [9.17, 15) is 13.2 Å². The molecule has 2 N–H and O–H groups in total. The fourth-order valence-electron chi connectivity index (χ4n) is 2.94. The number of aromatic nitrogens is 2. The summed E-state index contributed by atoms with van der Waals surface area (Å²) in [6.07, 6.45) is 3.07. The van der Waals surface area contributed by atoms with Crippen molar-refractivity contribution in [1.29, 1.82) is 0 Å². The number of carbonyl (C=O) groups excluding carboxylic acids is 1. The predicted molar refractivity (Wildman–Crippen MR) is 86.5 cm³/mol. The molecule has 0 bridgehead atoms. The van der Waals surface area contributed by atoms with E-state index in [0.29, 0.717) is 24.2 Å². The van der Waals surface area contributed by atoms with Gasteiger partial charge < -0.3 is 5.32 Å². The maximum absolute atomic E-state index is 12.4. The Labute approximate surface area is 132 Å². The maximum atomic E-state index is 12.4. The van der Waals surface area contributed by atoms with E-state index in [2.05, 4.69) is 29.4 Å². The molecule has 0 spiro atoms. The largest absolute Gasteiger partial charge is 0.322 e. The molecule has 1 aromatic rings. The van der Waals surface area contributed by atoms with Crippen LogP contribution in [0.25, 0.3) is 0 Å². The first-order chi connectivity index (χ1) is 10.1. The second kappa shape index (κ2) is 6.02. The summed E-state index contributed by atoms with van der Waals surface area (Å²) in [6, 6.07) is 0. The molecule has 0 radical (unpaired) electrons. The van der Waals surface area contributed by atoms with Gasteiger partial charge >= 0.3 is 0 Å². The van der Waals surface area contributed by atoms with E-state index >= 15 is 0 Å². The first-order valence-corrected chi connectivity index (χ1v) is 9.35. The van der Waals surface area contributed by atoms with Gasteiger partial charge in [0.15, 0.2) is 9.84 Å². The van der Waals surface area contributed by atoms with Crippen LogP contribution in [0.1, 0.15) is 50.9 Å². The Kier molecular flexibility index (Phi) is 4.65. The molecule has 6 nitrogen and oxygen atoms in total. The number of aromatic amines is 1. The highest BCUT2D eigenvalue weighted by Crippen LogP contribution is 2.37. The van der Waals surface area contributed by atoms with E-state index in [1.165, 1.54) is 0 Å². The molecule has 22 heavy (non-hydrogen) atoms. The van der Waals surface area contributed by atoms with E-state index < -0.39 is 26.7 Å². The zero-order valence-electron chi connectivity index (χ0n) is 13.7. The Morgan fingerprint density at radius 1 is 1.32 bits per heavy atom. The fourth-order valence-corrected chi connectivity index (χ4v) is 4.57. The molecular weight excluding hydrogens is 302 g/mol. The summed E-state index contributed by atoms with van der Waals surface area (Å²) in [5.74, 6) is -0.945. The number of hydrogen-bond donors (Lipinski definition) is 2. The third-order valence-corrected chi connectivity index (χ3v) is 6.67. The number of aryl methyl sites for hydroxylation is 2. The lowest BCUT2D eigenvalue weighted by atomic mass is 9.77. The van der Waals surface area contributed by atoms with Crippen molar-refractivity contribution in [3.8, 4) is 0 Å². The third kappa shape index (κ3) is 3.88. The topological polar surface area (TPSA) is 91.9 Å². The number of rotatable bonds is 4. The van der Waals surface area contributed by atoms with Gasteiger partial charge in [-0.15, -0.1) is 0 Å². The van der Waals surface area contributed by atoms with Crippen LogP contribution in [0.3, 0.4) is 0 Å². The van der Waals surface area contributed by atoms with Gasteiger partial charge in [0.25, 0.3) is 0 Å². The average molecular weight is 327 g/mol. The molecular formula is C15H25N3O3S. The zero-order valence-corrected chi connectivity index (χ0v) is 14.5. The first-order valence-electron chi connectivity index (χ1n) is 7.64. The van der Waals surface area contributed by atoms with Gasteiger partial charge in [0.2, 0.25) is 5.91 Å². The molecule has 0 aromatic carbocycles. The lowest BCUT2D eigenvalue weighted by molar-refractivity contribution is -0.113. The number of H-pyrrole nitrogens is 1. The maximum Gasteiger partial charge on any atom is 0.239 e. The summed E-state index contributed by atoms with van der Waals surface area (Å²) in [5, 5.41) is 9.01. The number of nitrogens with one attached hydrogen (secondary N) is 2. The number of nitrogens with zero attached hydrogens (tertiary/aromatic N) is 1. The van der Waals surface area contributed by atoms with E-state index in [1.807, 2.05) is 0 Å². The lowest BCUT2D eigenvalue weighted by Gasteiger charge is -2.33. The van der Waals surface area contributed by atoms with Crippen molar-refractivity contribution >= 4 is 21.4 Å². The smallest absolute Gasteiger partial charge is 0.239 e. The summed E-state index contributed by atoms with van der Waals surface area (Å²) in [7, 11) is -3.40. The summed E-state index contributed by atoms with van der Waals surface area (Å²) in [6.45, 7) is 7.87. The fraction of sp³-hybridized carbons (Fsp3) is 0.733. The minimum atomic E-state index is -3.40. The standard InChI is InChI=1S/C15H25N3O3S/c1-10-14(11(2)18-17-10)16-13(19)9-22(20,21)12-5-7-15(3,4)8-6-12/h12H,5-9H2,1-4H3,(H,16,19)(H,17,18). The van der Waals surface area contributed by atoms with Crippen molar-refractivity contribution in [3.63, 3.8) is 0 Å². The molecule has 1 aliphatic carbocycles. The normalized spacial score (nSPS) is 19.1. The molecule has 0 saturated heterocycles. The number of carbonyl (C=O) groups is 1. The second-order valence-corrected chi connectivity index (χ2v) is 9.31. The molecule has 7 heteroatoms. The van der Waals surface area contributed by atoms with Gasteiger partial charge in [0.05, 0.1) is 22.3 Å². The van der Waals surface area contributed by atoms with Crippen molar-refractivity contribution in [3.05, 3.63) is 11.4 Å². The highest BCUT2D eigenvalue weighted by Gasteiger charge is 2.35. The number of anilines is 1. The van der Waals surface area contributed by atoms with Crippen molar-refractivity contribution < 1.29 is 13.2 Å². The van der Waals surface area contributed by atoms with Crippen molar-refractivity contribution in [1.82, 2.24) is 10.2 Å². The van der Waals surface area contributed by atoms with Crippen LogP contribution in [0.2, 0.25) is 0 Å². The average Bonchev–Trinajstić information content (AvgIpc) is 2.69. The van der Waals surface area contributed by atoms with Gasteiger partial charge in [-0.3, -0.25) is 9.89 Å². The Bertz CT molecular complexity index is 632. The van der Waals surface area contributed by atoms with Crippen LogP contribution in [-0.2, 0) is 14.6 Å². The van der Waals surface area contributed by atoms with Crippen LogP contribution in [0.4, 0.5) is 5.69 Å². The SMILES string of the molecule is Cc1n[nH]c(C)c1NC(=O)CS(=O)(=O)C1CCC(C)(C)CC1. The van der Waals surface area contributed by atoms with Gasteiger partial charge in [-0.1, -0.05) is 13.8 Å². The van der Waals surface area contributed by atoms with E-state index in [0.717, 1.165) is 18.5 Å². The molecule has 1 amide bonds. The second-order valence-electron chi connectivity index (χ2n) is 7.03. The monoisotopic (exact) mass is 327 g/mol. The van der Waals surface area contributed by atoms with Gasteiger partial charge in [-0.25, -0.2) is 8.42 Å². The van der Waals surface area contributed by atoms with Crippen LogP contribution >= 0.6 is 0 Å². The Morgan fingerprint density at radius 2 is 1.91 bits per heavy atom. The van der Waals surface area contributed by atoms with E-state index in [4.69, 9.17) is 0 Å². The van der Waals surface area contributed by atoms with Crippen LogP contribution in [0.15, 0.2) is 0 Å². The predicted octanol–water partition coefficient (Wildman–Crippen LogP) is 2.35. The lowest BCUT2D eigenvalue weighted by Crippen LogP contribution is -2.35. The van der Waals surface area contributed by atoms with Crippen molar-refractivity contribution in [2.75, 3.05) is 11.1 Å². The summed E-state index contributed by atoms with van der Waals surface area (Å²) < 4.78 is 24.8. The number of hydrogen-bond acceptors (Lipinski definition) is 4. The van der Waals surface area contributed by atoms with Crippen LogP contribution in [0, 0.1) is 19.3 Å². The highest BCUT2D eigenvalue weighted by molar-refractivity contribution is 7.92. The van der Waals surface area contributed by atoms with Crippen molar-refractivity contribution in [2.24, 2.45) is 5.41 Å². The molecule has 1 aromatic heterocycles. The van der Waals surface area contributed by atoms with Gasteiger partial charge in [-0.2, -0.15) is 5.10 Å². The van der Waals surface area contributed by atoms with Crippen molar-refractivity contribution in [2.45, 2.75) is 58.6 Å². The van der Waals surface area contributed by atoms with E-state index in [1.54, 1.807) is 13.8 Å². The molecule has 0 aliphatic heterocycles. The van der Waals surface area contributed by atoms with Gasteiger partial charge in [0, 0.05) is 0 Å². The van der Waals surface area contributed by atoms with Crippen LogP contribution in [-0.4, -0.2) is 35.5 Å². The number of sulfone groups is 1. The molecule has 1 heterocycles. The molecule has 124 valence electrons. The quantitative estimate of drug-likeness (QED) is 0.888. The highest BCUT2D eigenvalue weighted by atomic mass is 32.2. The first kappa shape index (κ1) is 17.0. The van der Waals surface area contributed by atoms with E-state index in [-0.39, 0.29) is 5.41 Å². The summed E-state index contributed by atoms with van der Waals surface area (Å²) in [4.78, 5) is 12.1. The molecule has 0 unspecified atom stereocenters.